The maximum absolute atomic E-state index is 12.7. The number of ether oxygens (including phenoxy) is 1. The van der Waals surface area contributed by atoms with E-state index < -0.39 is 11.9 Å². The second-order valence-corrected chi connectivity index (χ2v) is 6.42. The monoisotopic (exact) mass is 365 g/mol. The second kappa shape index (κ2) is 11.0. The van der Waals surface area contributed by atoms with Gasteiger partial charge in [0, 0.05) is 6.54 Å². The van der Waals surface area contributed by atoms with Crippen molar-refractivity contribution >= 4 is 17.4 Å². The number of benzene rings is 2. The van der Waals surface area contributed by atoms with Crippen LogP contribution in [0.15, 0.2) is 66.7 Å². The molecule has 0 bridgehead atoms. The van der Waals surface area contributed by atoms with Crippen molar-refractivity contribution < 1.29 is 14.3 Å². The highest BCUT2D eigenvalue weighted by atomic mass is 16.5. The highest BCUT2D eigenvalue weighted by Gasteiger charge is 2.26. The number of carbonyl (C=O) groups excluding carboxylic acids is 2. The first-order valence-corrected chi connectivity index (χ1v) is 9.34. The first-order valence-electron chi connectivity index (χ1n) is 9.34. The van der Waals surface area contributed by atoms with Crippen molar-refractivity contribution in [3.05, 3.63) is 77.9 Å². The van der Waals surface area contributed by atoms with E-state index >= 15 is 0 Å². The van der Waals surface area contributed by atoms with Crippen LogP contribution >= 0.6 is 0 Å². The Balaban J connectivity index is 2.12. The van der Waals surface area contributed by atoms with Crippen LogP contribution in [0.5, 0.6) is 0 Å². The van der Waals surface area contributed by atoms with Crippen LogP contribution in [0.25, 0.3) is 5.57 Å². The number of esters is 1. The minimum Gasteiger partial charge on any atom is -0.465 e. The van der Waals surface area contributed by atoms with Crippen molar-refractivity contribution in [1.29, 1.82) is 0 Å². The van der Waals surface area contributed by atoms with Gasteiger partial charge in [-0.05, 0) is 30.0 Å². The summed E-state index contributed by atoms with van der Waals surface area (Å²) in [5.41, 5.74) is 2.82. The predicted octanol–water partition coefficient (Wildman–Crippen LogP) is 4.37. The van der Waals surface area contributed by atoms with Gasteiger partial charge in [0.15, 0.2) is 5.92 Å². The van der Waals surface area contributed by atoms with E-state index in [1.54, 1.807) is 6.08 Å². The molecule has 4 nitrogen and oxygen atoms in total. The lowest BCUT2D eigenvalue weighted by Crippen LogP contribution is -2.35. The molecule has 1 atom stereocenters. The summed E-state index contributed by atoms with van der Waals surface area (Å²) in [6.07, 6.45) is 3.40. The predicted molar refractivity (Wildman–Crippen MR) is 108 cm³/mol. The van der Waals surface area contributed by atoms with Gasteiger partial charge < -0.3 is 10.1 Å². The molecule has 0 saturated carbocycles. The number of hydrogen-bond donors (Lipinski definition) is 1. The lowest BCUT2D eigenvalue weighted by molar-refractivity contribution is -0.150. The molecule has 2 aromatic carbocycles. The van der Waals surface area contributed by atoms with Crippen LogP contribution in [0.4, 0.5) is 0 Å². The summed E-state index contributed by atoms with van der Waals surface area (Å²) >= 11 is 0. The van der Waals surface area contributed by atoms with Gasteiger partial charge in [-0.3, -0.25) is 9.59 Å². The molecular weight excluding hydrogens is 338 g/mol. The smallest absolute Gasteiger partial charge is 0.322 e. The van der Waals surface area contributed by atoms with Crippen molar-refractivity contribution in [1.82, 2.24) is 5.32 Å². The summed E-state index contributed by atoms with van der Waals surface area (Å²) in [6.45, 7) is 4.62. The average molecular weight is 365 g/mol. The van der Waals surface area contributed by atoms with Crippen molar-refractivity contribution in [2.45, 2.75) is 33.2 Å². The summed E-state index contributed by atoms with van der Waals surface area (Å²) in [7, 11) is 0. The average Bonchev–Trinajstić information content (AvgIpc) is 2.71. The number of allylic oxidation sites excluding steroid dienone is 1. The summed E-state index contributed by atoms with van der Waals surface area (Å²) in [4.78, 5) is 25.2. The fraction of sp³-hybridized carbons (Fsp3) is 0.304. The summed E-state index contributed by atoms with van der Waals surface area (Å²) in [6, 6.07) is 19.3. The molecule has 0 spiro atoms. The number of amides is 1. The number of carbonyl (C=O) groups is 2. The lowest BCUT2D eigenvalue weighted by atomic mass is 10.00. The van der Waals surface area contributed by atoms with E-state index in [0.717, 1.165) is 29.5 Å². The minimum absolute atomic E-state index is 0.329. The molecule has 0 aliphatic rings. The summed E-state index contributed by atoms with van der Waals surface area (Å²) in [5.74, 6) is -1.83. The molecule has 4 heteroatoms. The van der Waals surface area contributed by atoms with Gasteiger partial charge in [0.2, 0.25) is 5.91 Å². The summed E-state index contributed by atoms with van der Waals surface area (Å²) < 4.78 is 5.31. The maximum Gasteiger partial charge on any atom is 0.322 e. The fourth-order valence-electron chi connectivity index (χ4n) is 2.60. The molecule has 2 rings (SSSR count). The molecule has 0 heterocycles. The molecule has 1 unspecified atom stereocenters. The highest BCUT2D eigenvalue weighted by molar-refractivity contribution is 6.01. The molecule has 1 amide bonds. The Morgan fingerprint density at radius 1 is 1.04 bits per heavy atom. The van der Waals surface area contributed by atoms with Gasteiger partial charge in [-0.25, -0.2) is 0 Å². The van der Waals surface area contributed by atoms with Gasteiger partial charge in [-0.15, -0.1) is 0 Å². The lowest BCUT2D eigenvalue weighted by Gasteiger charge is -2.14. The molecule has 0 fully saturated rings. The van der Waals surface area contributed by atoms with E-state index in [4.69, 9.17) is 4.74 Å². The Kier molecular flexibility index (Phi) is 8.30. The number of nitrogens with one attached hydrogen (secondary N) is 1. The molecule has 1 N–H and O–H groups in total. The molecular formula is C23H27NO3. The van der Waals surface area contributed by atoms with Crippen LogP contribution in [0.1, 0.15) is 37.8 Å². The van der Waals surface area contributed by atoms with Crippen molar-refractivity contribution in [3.8, 4) is 0 Å². The van der Waals surface area contributed by atoms with Gasteiger partial charge in [-0.2, -0.15) is 0 Å². The van der Waals surface area contributed by atoms with E-state index in [0.29, 0.717) is 13.2 Å². The first kappa shape index (κ1) is 20.4. The van der Waals surface area contributed by atoms with Gasteiger partial charge in [0.05, 0.1) is 6.61 Å². The van der Waals surface area contributed by atoms with Crippen LogP contribution in [-0.2, 0) is 20.9 Å². The SMILES string of the molecule is CCCCOC(=O)C(/C=C(\C)c1ccccc1)C(=O)NCc1ccccc1. The topological polar surface area (TPSA) is 55.4 Å². The highest BCUT2D eigenvalue weighted by Crippen LogP contribution is 2.17. The van der Waals surface area contributed by atoms with Crippen LogP contribution < -0.4 is 5.32 Å². The third kappa shape index (κ3) is 6.74. The third-order valence-corrected chi connectivity index (χ3v) is 4.23. The van der Waals surface area contributed by atoms with E-state index in [1.807, 2.05) is 74.5 Å². The Morgan fingerprint density at radius 3 is 2.30 bits per heavy atom. The largest absolute Gasteiger partial charge is 0.465 e. The Bertz CT molecular complexity index is 754. The summed E-state index contributed by atoms with van der Waals surface area (Å²) in [5, 5.41) is 2.84. The van der Waals surface area contributed by atoms with Gasteiger partial charge in [0.25, 0.3) is 0 Å². The second-order valence-electron chi connectivity index (χ2n) is 6.42. The number of unbranched alkanes of at least 4 members (excludes halogenated alkanes) is 1. The van der Waals surface area contributed by atoms with E-state index in [9.17, 15) is 9.59 Å². The quantitative estimate of drug-likeness (QED) is 0.408. The van der Waals surface area contributed by atoms with E-state index in [-0.39, 0.29) is 5.91 Å². The van der Waals surface area contributed by atoms with Crippen LogP contribution in [-0.4, -0.2) is 18.5 Å². The molecule has 0 aliphatic carbocycles. The molecule has 0 aliphatic heterocycles. The molecule has 0 aromatic heterocycles. The molecule has 2 aromatic rings. The van der Waals surface area contributed by atoms with Crippen molar-refractivity contribution in [2.75, 3.05) is 6.61 Å². The first-order chi connectivity index (χ1) is 13.1. The third-order valence-electron chi connectivity index (χ3n) is 4.23. The van der Waals surface area contributed by atoms with Crippen molar-refractivity contribution in [2.24, 2.45) is 5.92 Å². The maximum atomic E-state index is 12.7. The Hall–Kier alpha value is -2.88. The van der Waals surface area contributed by atoms with Crippen LogP contribution in [0.2, 0.25) is 0 Å². The van der Waals surface area contributed by atoms with Gasteiger partial charge in [0.1, 0.15) is 0 Å². The zero-order valence-corrected chi connectivity index (χ0v) is 16.0. The fourth-order valence-corrected chi connectivity index (χ4v) is 2.60. The molecule has 0 radical (unpaired) electrons. The zero-order chi connectivity index (χ0) is 19.5. The van der Waals surface area contributed by atoms with Crippen molar-refractivity contribution in [3.63, 3.8) is 0 Å². The molecule has 27 heavy (non-hydrogen) atoms. The zero-order valence-electron chi connectivity index (χ0n) is 16.0. The normalized spacial score (nSPS) is 12.3. The number of rotatable bonds is 9. The van der Waals surface area contributed by atoms with E-state index in [1.165, 1.54) is 0 Å². The van der Waals surface area contributed by atoms with Gasteiger partial charge >= 0.3 is 5.97 Å². The minimum atomic E-state index is -0.967. The van der Waals surface area contributed by atoms with Gasteiger partial charge in [-0.1, -0.05) is 80.1 Å². The molecule has 142 valence electrons. The number of hydrogen-bond acceptors (Lipinski definition) is 3. The standard InChI is InChI=1S/C23H27NO3/c1-3-4-15-27-23(26)21(16-18(2)20-13-9-6-10-14-20)22(25)24-17-19-11-7-5-8-12-19/h5-14,16,21H,3-4,15,17H2,1-2H3,(H,24,25)/b18-16+. The van der Waals surface area contributed by atoms with Crippen LogP contribution in [0.3, 0.4) is 0 Å². The van der Waals surface area contributed by atoms with Crippen LogP contribution in [0, 0.1) is 5.92 Å². The molecule has 0 saturated heterocycles. The Morgan fingerprint density at radius 2 is 1.67 bits per heavy atom. The van der Waals surface area contributed by atoms with E-state index in [2.05, 4.69) is 5.32 Å². The Labute approximate surface area is 161 Å².